The van der Waals surface area contributed by atoms with Crippen molar-refractivity contribution in [2.45, 2.75) is 12.8 Å². The second-order valence-corrected chi connectivity index (χ2v) is 5.70. The molecule has 0 saturated carbocycles. The zero-order chi connectivity index (χ0) is 18.2. The minimum Gasteiger partial charge on any atom is -0.265 e. The first-order valence-electron chi connectivity index (χ1n) is 7.85. The van der Waals surface area contributed by atoms with Crippen molar-refractivity contribution in [3.8, 4) is 12.1 Å². The average Bonchev–Trinajstić information content (AvgIpc) is 2.65. The summed E-state index contributed by atoms with van der Waals surface area (Å²) in [7, 11) is 0. The molecule has 0 aliphatic rings. The van der Waals surface area contributed by atoms with E-state index >= 15 is 0 Å². The van der Waals surface area contributed by atoms with Crippen LogP contribution >= 0.6 is 0 Å². The van der Waals surface area contributed by atoms with Crippen LogP contribution in [0.2, 0.25) is 0 Å². The SMILES string of the molecule is C[C@H](C(=C(C#N)C#N)c1ccccc1)[C@@H](C[N+](=O)[O-])c1ccccc1. The lowest BCUT2D eigenvalue weighted by Crippen LogP contribution is -2.21. The highest BCUT2D eigenvalue weighted by molar-refractivity contribution is 5.77. The van der Waals surface area contributed by atoms with Crippen molar-refractivity contribution < 1.29 is 4.92 Å². The predicted octanol–water partition coefficient (Wildman–Crippen LogP) is 4.18. The van der Waals surface area contributed by atoms with Crippen LogP contribution < -0.4 is 0 Å². The highest BCUT2D eigenvalue weighted by Gasteiger charge is 2.30. The summed E-state index contributed by atoms with van der Waals surface area (Å²) in [4.78, 5) is 10.9. The molecule has 0 heterocycles. The Morgan fingerprint density at radius 2 is 1.56 bits per heavy atom. The van der Waals surface area contributed by atoms with Gasteiger partial charge in [-0.15, -0.1) is 0 Å². The average molecular weight is 331 g/mol. The van der Waals surface area contributed by atoms with E-state index in [0.29, 0.717) is 5.57 Å². The van der Waals surface area contributed by atoms with Crippen LogP contribution in [0.15, 0.2) is 66.2 Å². The first kappa shape index (κ1) is 17.9. The Morgan fingerprint density at radius 3 is 2.04 bits per heavy atom. The molecule has 0 saturated heterocycles. The summed E-state index contributed by atoms with van der Waals surface area (Å²) in [6.07, 6.45) is 0. The van der Waals surface area contributed by atoms with Gasteiger partial charge >= 0.3 is 0 Å². The van der Waals surface area contributed by atoms with Crippen LogP contribution in [-0.2, 0) is 0 Å². The van der Waals surface area contributed by atoms with Crippen LogP contribution in [0.5, 0.6) is 0 Å². The lowest BCUT2D eigenvalue weighted by atomic mass is 9.78. The van der Waals surface area contributed by atoms with E-state index in [9.17, 15) is 20.6 Å². The number of nitriles is 2. The first-order chi connectivity index (χ1) is 12.1. The molecule has 0 amide bonds. The Labute approximate surface area is 146 Å². The van der Waals surface area contributed by atoms with Gasteiger partial charge in [0.25, 0.3) is 0 Å². The number of hydrogen-bond donors (Lipinski definition) is 0. The number of benzene rings is 2. The maximum atomic E-state index is 11.2. The molecule has 0 fully saturated rings. The fourth-order valence-corrected chi connectivity index (χ4v) is 3.01. The van der Waals surface area contributed by atoms with Gasteiger partial charge in [0, 0.05) is 4.92 Å². The van der Waals surface area contributed by atoms with Crippen LogP contribution in [0, 0.1) is 38.7 Å². The molecule has 2 aromatic rings. The molecule has 0 aromatic heterocycles. The van der Waals surface area contributed by atoms with Crippen molar-refractivity contribution in [3.05, 3.63) is 87.5 Å². The van der Waals surface area contributed by atoms with E-state index in [2.05, 4.69) is 0 Å². The van der Waals surface area contributed by atoms with Crippen molar-refractivity contribution in [1.82, 2.24) is 0 Å². The van der Waals surface area contributed by atoms with E-state index in [0.717, 1.165) is 11.1 Å². The van der Waals surface area contributed by atoms with E-state index in [1.807, 2.05) is 79.7 Å². The van der Waals surface area contributed by atoms with Crippen LogP contribution in [0.4, 0.5) is 0 Å². The summed E-state index contributed by atoms with van der Waals surface area (Å²) in [6.45, 7) is 1.56. The van der Waals surface area contributed by atoms with Crippen LogP contribution in [-0.4, -0.2) is 11.5 Å². The lowest BCUT2D eigenvalue weighted by Gasteiger charge is -2.24. The highest BCUT2D eigenvalue weighted by atomic mass is 16.6. The van der Waals surface area contributed by atoms with Gasteiger partial charge in [0.15, 0.2) is 0 Å². The summed E-state index contributed by atoms with van der Waals surface area (Å²) in [5.41, 5.74) is 2.08. The largest absolute Gasteiger partial charge is 0.265 e. The number of nitro groups is 1. The Balaban J connectivity index is 2.59. The summed E-state index contributed by atoms with van der Waals surface area (Å²) in [5.74, 6) is -0.812. The van der Waals surface area contributed by atoms with Crippen LogP contribution in [0.25, 0.3) is 5.57 Å². The van der Waals surface area contributed by atoms with E-state index in [1.165, 1.54) is 0 Å². The number of nitrogens with zero attached hydrogens (tertiary/aromatic N) is 3. The third-order valence-electron chi connectivity index (χ3n) is 4.21. The predicted molar refractivity (Wildman–Crippen MR) is 94.8 cm³/mol. The molecule has 0 unspecified atom stereocenters. The smallest absolute Gasteiger partial charge is 0.211 e. The van der Waals surface area contributed by atoms with E-state index in [4.69, 9.17) is 0 Å². The molecule has 124 valence electrons. The van der Waals surface area contributed by atoms with Gasteiger partial charge in [0.05, 0.1) is 5.92 Å². The maximum Gasteiger partial charge on any atom is 0.211 e. The molecule has 0 aliphatic carbocycles. The van der Waals surface area contributed by atoms with E-state index in [1.54, 1.807) is 0 Å². The van der Waals surface area contributed by atoms with E-state index in [-0.39, 0.29) is 23.0 Å². The summed E-state index contributed by atoms with van der Waals surface area (Å²) in [6, 6.07) is 22.2. The lowest BCUT2D eigenvalue weighted by molar-refractivity contribution is -0.484. The van der Waals surface area contributed by atoms with Crippen molar-refractivity contribution in [2.75, 3.05) is 6.54 Å². The topological polar surface area (TPSA) is 90.7 Å². The van der Waals surface area contributed by atoms with Crippen molar-refractivity contribution >= 4 is 5.57 Å². The molecule has 0 aliphatic heterocycles. The zero-order valence-electron chi connectivity index (χ0n) is 13.8. The van der Waals surface area contributed by atoms with Crippen molar-refractivity contribution in [3.63, 3.8) is 0 Å². The van der Waals surface area contributed by atoms with Crippen LogP contribution in [0.1, 0.15) is 24.0 Å². The Kier molecular flexibility index (Phi) is 6.03. The molecular weight excluding hydrogens is 314 g/mol. The van der Waals surface area contributed by atoms with Crippen molar-refractivity contribution in [1.29, 1.82) is 10.5 Å². The summed E-state index contributed by atoms with van der Waals surface area (Å²) >= 11 is 0. The minimum absolute atomic E-state index is 0.0111. The van der Waals surface area contributed by atoms with E-state index < -0.39 is 5.92 Å². The molecule has 0 spiro atoms. The number of rotatable bonds is 6. The molecule has 5 heteroatoms. The number of allylic oxidation sites excluding steroid dienone is 2. The monoisotopic (exact) mass is 331 g/mol. The third-order valence-corrected chi connectivity index (χ3v) is 4.21. The molecular formula is C20H17N3O2. The van der Waals surface area contributed by atoms with Gasteiger partial charge in [-0.2, -0.15) is 10.5 Å². The van der Waals surface area contributed by atoms with Gasteiger partial charge in [-0.25, -0.2) is 0 Å². The van der Waals surface area contributed by atoms with Gasteiger partial charge in [0.2, 0.25) is 6.54 Å². The molecule has 2 rings (SSSR count). The second kappa shape index (κ2) is 8.42. The quantitative estimate of drug-likeness (QED) is 0.451. The van der Waals surface area contributed by atoms with Gasteiger partial charge < -0.3 is 0 Å². The normalized spacial score (nSPS) is 12.3. The highest BCUT2D eigenvalue weighted by Crippen LogP contribution is 2.37. The minimum atomic E-state index is -0.442. The second-order valence-electron chi connectivity index (χ2n) is 5.70. The first-order valence-corrected chi connectivity index (χ1v) is 7.85. The molecule has 0 bridgehead atoms. The Bertz CT molecular complexity index is 830. The van der Waals surface area contributed by atoms with Crippen molar-refractivity contribution in [2.24, 2.45) is 5.92 Å². The Morgan fingerprint density at radius 1 is 1.04 bits per heavy atom. The van der Waals surface area contributed by atoms with Crippen LogP contribution in [0.3, 0.4) is 0 Å². The fraction of sp³-hybridized carbons (Fsp3) is 0.200. The third kappa shape index (κ3) is 4.31. The van der Waals surface area contributed by atoms with Gasteiger partial charge in [-0.1, -0.05) is 67.6 Å². The molecule has 0 radical (unpaired) electrons. The number of hydrogen-bond acceptors (Lipinski definition) is 4. The molecule has 5 nitrogen and oxygen atoms in total. The summed E-state index contributed by atoms with van der Waals surface area (Å²) in [5, 5.41) is 30.0. The Hall–Kier alpha value is -3.44. The van der Waals surface area contributed by atoms with Gasteiger partial charge in [0.1, 0.15) is 17.7 Å². The van der Waals surface area contributed by atoms with Gasteiger partial charge in [-0.05, 0) is 22.6 Å². The summed E-state index contributed by atoms with van der Waals surface area (Å²) < 4.78 is 0. The molecule has 2 aromatic carbocycles. The van der Waals surface area contributed by atoms with Gasteiger partial charge in [-0.3, -0.25) is 10.1 Å². The fourth-order valence-electron chi connectivity index (χ4n) is 3.01. The zero-order valence-corrected chi connectivity index (χ0v) is 13.8. The maximum absolute atomic E-state index is 11.2. The molecule has 2 atom stereocenters. The molecule has 25 heavy (non-hydrogen) atoms. The standard InChI is InChI=1S/C20H17N3O2/c1-15(19(14-23(24)25)16-8-4-2-5-9-16)20(18(12-21)13-22)17-10-6-3-7-11-17/h2-11,15,19H,14H2,1H3/t15-,19+/m0/s1. The molecule has 0 N–H and O–H groups in total.